The fourth-order valence-electron chi connectivity index (χ4n) is 1.19. The zero-order valence-electron chi connectivity index (χ0n) is 8.27. The van der Waals surface area contributed by atoms with E-state index >= 15 is 0 Å². The standard InChI is InChI=1S/C9H13BrClN3/c1-6(10)4-12-5-8-9(11)7(2)13-14(8)3/h12H,1,4-5H2,2-3H3. The molecule has 1 N–H and O–H groups in total. The highest BCUT2D eigenvalue weighted by Crippen LogP contribution is 2.18. The van der Waals surface area contributed by atoms with Gasteiger partial charge in [0.05, 0.1) is 16.4 Å². The maximum atomic E-state index is 6.07. The first-order valence-electron chi connectivity index (χ1n) is 4.24. The molecule has 5 heteroatoms. The monoisotopic (exact) mass is 277 g/mol. The van der Waals surface area contributed by atoms with Crippen molar-refractivity contribution in [2.24, 2.45) is 7.05 Å². The highest BCUT2D eigenvalue weighted by Gasteiger charge is 2.09. The van der Waals surface area contributed by atoms with Gasteiger partial charge in [0.2, 0.25) is 0 Å². The van der Waals surface area contributed by atoms with E-state index in [1.807, 2.05) is 14.0 Å². The lowest BCUT2D eigenvalue weighted by atomic mass is 10.3. The Morgan fingerprint density at radius 2 is 2.36 bits per heavy atom. The summed E-state index contributed by atoms with van der Waals surface area (Å²) >= 11 is 9.35. The number of nitrogens with zero attached hydrogens (tertiary/aromatic N) is 2. The third-order valence-electron chi connectivity index (χ3n) is 1.87. The molecule has 1 aromatic heterocycles. The van der Waals surface area contributed by atoms with Crippen LogP contribution in [0, 0.1) is 6.92 Å². The molecule has 0 spiro atoms. The molecule has 0 atom stereocenters. The van der Waals surface area contributed by atoms with Gasteiger partial charge in [-0.3, -0.25) is 4.68 Å². The summed E-state index contributed by atoms with van der Waals surface area (Å²) in [7, 11) is 1.89. The van der Waals surface area contributed by atoms with E-state index in [0.717, 1.165) is 27.4 Å². The van der Waals surface area contributed by atoms with Crippen molar-refractivity contribution in [2.45, 2.75) is 13.5 Å². The minimum absolute atomic E-state index is 0.695. The van der Waals surface area contributed by atoms with E-state index in [1.54, 1.807) is 4.68 Å². The molecule has 1 aromatic rings. The van der Waals surface area contributed by atoms with Crippen molar-refractivity contribution in [1.82, 2.24) is 15.1 Å². The zero-order chi connectivity index (χ0) is 10.7. The van der Waals surface area contributed by atoms with Gasteiger partial charge in [0.25, 0.3) is 0 Å². The molecule has 0 radical (unpaired) electrons. The van der Waals surface area contributed by atoms with Crippen molar-refractivity contribution < 1.29 is 0 Å². The van der Waals surface area contributed by atoms with Crippen LogP contribution < -0.4 is 5.32 Å². The first-order chi connectivity index (χ1) is 6.52. The topological polar surface area (TPSA) is 29.9 Å². The van der Waals surface area contributed by atoms with Crippen molar-refractivity contribution in [2.75, 3.05) is 6.54 Å². The molecule has 0 aliphatic heterocycles. The van der Waals surface area contributed by atoms with E-state index in [9.17, 15) is 0 Å². The van der Waals surface area contributed by atoms with Gasteiger partial charge < -0.3 is 5.32 Å². The lowest BCUT2D eigenvalue weighted by Crippen LogP contribution is -2.17. The predicted octanol–water partition coefficient (Wildman–Crippen LogP) is 2.38. The van der Waals surface area contributed by atoms with Gasteiger partial charge in [-0.15, -0.1) is 0 Å². The number of aryl methyl sites for hydroxylation is 2. The van der Waals surface area contributed by atoms with Crippen LogP contribution >= 0.6 is 27.5 Å². The summed E-state index contributed by atoms with van der Waals surface area (Å²) in [6.07, 6.45) is 0. The molecule has 3 nitrogen and oxygen atoms in total. The highest BCUT2D eigenvalue weighted by atomic mass is 79.9. The summed E-state index contributed by atoms with van der Waals surface area (Å²) in [6, 6.07) is 0. The van der Waals surface area contributed by atoms with Crippen LogP contribution in [0.1, 0.15) is 11.4 Å². The van der Waals surface area contributed by atoms with Gasteiger partial charge in [-0.1, -0.05) is 34.1 Å². The first-order valence-corrected chi connectivity index (χ1v) is 5.41. The zero-order valence-corrected chi connectivity index (χ0v) is 10.6. The number of hydrogen-bond acceptors (Lipinski definition) is 2. The summed E-state index contributed by atoms with van der Waals surface area (Å²) in [6.45, 7) is 7.05. The van der Waals surface area contributed by atoms with Gasteiger partial charge in [0, 0.05) is 24.6 Å². The molecule has 0 bridgehead atoms. The summed E-state index contributed by atoms with van der Waals surface area (Å²) in [5, 5.41) is 8.16. The fourth-order valence-corrected chi connectivity index (χ4v) is 1.61. The lowest BCUT2D eigenvalue weighted by molar-refractivity contribution is 0.651. The minimum atomic E-state index is 0.695. The molecule has 0 saturated heterocycles. The molecule has 1 heterocycles. The van der Waals surface area contributed by atoms with E-state index in [-0.39, 0.29) is 0 Å². The Kier molecular flexibility index (Phi) is 4.16. The van der Waals surface area contributed by atoms with Crippen LogP contribution in [0.15, 0.2) is 11.1 Å². The summed E-state index contributed by atoms with van der Waals surface area (Å²) in [4.78, 5) is 0. The third-order valence-corrected chi connectivity index (χ3v) is 2.64. The average molecular weight is 279 g/mol. The molecule has 1 rings (SSSR count). The van der Waals surface area contributed by atoms with Crippen LogP contribution in [0.25, 0.3) is 0 Å². The smallest absolute Gasteiger partial charge is 0.0860 e. The summed E-state index contributed by atoms with van der Waals surface area (Å²) in [5.74, 6) is 0. The van der Waals surface area contributed by atoms with Crippen LogP contribution in [0.5, 0.6) is 0 Å². The normalized spacial score (nSPS) is 10.6. The number of nitrogens with one attached hydrogen (secondary N) is 1. The van der Waals surface area contributed by atoms with E-state index in [4.69, 9.17) is 11.6 Å². The predicted molar refractivity (Wildman–Crippen MR) is 62.7 cm³/mol. The Hall–Kier alpha value is -0.320. The maximum Gasteiger partial charge on any atom is 0.0860 e. The van der Waals surface area contributed by atoms with E-state index in [2.05, 4.69) is 32.9 Å². The molecule has 0 aromatic carbocycles. The molecule has 0 aliphatic rings. The van der Waals surface area contributed by atoms with Crippen molar-refractivity contribution in [3.8, 4) is 0 Å². The van der Waals surface area contributed by atoms with Gasteiger partial charge in [-0.25, -0.2) is 0 Å². The molecular weight excluding hydrogens is 265 g/mol. The van der Waals surface area contributed by atoms with Gasteiger partial charge in [-0.05, 0) is 6.92 Å². The van der Waals surface area contributed by atoms with Gasteiger partial charge in [0.1, 0.15) is 0 Å². The van der Waals surface area contributed by atoms with Crippen molar-refractivity contribution >= 4 is 27.5 Å². The molecule has 0 unspecified atom stereocenters. The molecular formula is C9H13BrClN3. The van der Waals surface area contributed by atoms with Gasteiger partial charge in [0.15, 0.2) is 0 Å². The third kappa shape index (κ3) is 2.83. The summed E-state index contributed by atoms with van der Waals surface area (Å²) in [5.41, 5.74) is 1.86. The summed E-state index contributed by atoms with van der Waals surface area (Å²) < 4.78 is 2.72. The van der Waals surface area contributed by atoms with Crippen LogP contribution in [-0.2, 0) is 13.6 Å². The second-order valence-corrected chi connectivity index (χ2v) is 4.59. The van der Waals surface area contributed by atoms with Crippen LogP contribution in [0.3, 0.4) is 0 Å². The van der Waals surface area contributed by atoms with Crippen LogP contribution in [0.2, 0.25) is 5.02 Å². The molecule has 0 amide bonds. The quantitative estimate of drug-likeness (QED) is 0.916. The van der Waals surface area contributed by atoms with Gasteiger partial charge >= 0.3 is 0 Å². The van der Waals surface area contributed by atoms with E-state index in [1.165, 1.54) is 0 Å². The van der Waals surface area contributed by atoms with Crippen molar-refractivity contribution in [3.05, 3.63) is 27.5 Å². The minimum Gasteiger partial charge on any atom is -0.307 e. The Bertz CT molecular complexity index is 346. The van der Waals surface area contributed by atoms with Crippen LogP contribution in [-0.4, -0.2) is 16.3 Å². The Morgan fingerprint density at radius 3 is 2.79 bits per heavy atom. The number of hydrogen-bond donors (Lipinski definition) is 1. The van der Waals surface area contributed by atoms with E-state index < -0.39 is 0 Å². The maximum absolute atomic E-state index is 6.07. The van der Waals surface area contributed by atoms with Crippen molar-refractivity contribution in [1.29, 1.82) is 0 Å². The number of halogens is 2. The molecule has 0 aliphatic carbocycles. The highest BCUT2D eigenvalue weighted by molar-refractivity contribution is 9.11. The largest absolute Gasteiger partial charge is 0.307 e. The van der Waals surface area contributed by atoms with Crippen LogP contribution in [0.4, 0.5) is 0 Å². The second kappa shape index (κ2) is 4.96. The molecule has 0 fully saturated rings. The Balaban J connectivity index is 2.62. The lowest BCUT2D eigenvalue weighted by Gasteiger charge is -2.04. The number of aromatic nitrogens is 2. The average Bonchev–Trinajstić information content (AvgIpc) is 2.31. The van der Waals surface area contributed by atoms with E-state index in [0.29, 0.717) is 6.54 Å². The van der Waals surface area contributed by atoms with Gasteiger partial charge in [-0.2, -0.15) is 5.10 Å². The second-order valence-electron chi connectivity index (χ2n) is 3.09. The Morgan fingerprint density at radius 1 is 1.71 bits per heavy atom. The molecule has 0 saturated carbocycles. The molecule has 78 valence electrons. The van der Waals surface area contributed by atoms with Crippen molar-refractivity contribution in [3.63, 3.8) is 0 Å². The Labute approximate surface area is 97.3 Å². The number of rotatable bonds is 4. The first kappa shape index (κ1) is 11.8. The molecule has 14 heavy (non-hydrogen) atoms. The SMILES string of the molecule is C=C(Br)CNCc1c(Cl)c(C)nn1C. The fraction of sp³-hybridized carbons (Fsp3) is 0.444.